The van der Waals surface area contributed by atoms with E-state index in [1.807, 2.05) is 48.5 Å². The molecule has 1 unspecified atom stereocenters. The van der Waals surface area contributed by atoms with Crippen molar-refractivity contribution in [2.45, 2.75) is 6.04 Å². The lowest BCUT2D eigenvalue weighted by Gasteiger charge is -2.17. The Kier molecular flexibility index (Phi) is 4.04. The molecular weight excluding hydrogens is 331 g/mol. The molecule has 0 aliphatic rings. The molecular formula is C20H13FN4O. The Bertz CT molecular complexity index is 1060. The smallest absolute Gasteiger partial charge is 0.134 e. The molecule has 26 heavy (non-hydrogen) atoms. The predicted molar refractivity (Wildman–Crippen MR) is 92.5 cm³/mol. The van der Waals surface area contributed by atoms with Crippen LogP contribution in [0.3, 0.4) is 0 Å². The predicted octanol–water partition coefficient (Wildman–Crippen LogP) is 4.19. The summed E-state index contributed by atoms with van der Waals surface area (Å²) in [5.74, 6) is 0.750. The molecule has 1 atom stereocenters. The number of halogens is 1. The number of benzene rings is 2. The van der Waals surface area contributed by atoms with Crippen molar-refractivity contribution >= 4 is 0 Å². The summed E-state index contributed by atoms with van der Waals surface area (Å²) >= 11 is 0. The van der Waals surface area contributed by atoms with Crippen molar-refractivity contribution in [2.24, 2.45) is 0 Å². The molecule has 2 heterocycles. The maximum Gasteiger partial charge on any atom is 0.134 e. The highest BCUT2D eigenvalue weighted by Crippen LogP contribution is 2.32. The lowest BCUT2D eigenvalue weighted by molar-refractivity contribution is 0.457. The Hall–Kier alpha value is -3.72. The molecule has 6 heteroatoms. The van der Waals surface area contributed by atoms with Crippen LogP contribution in [0.2, 0.25) is 0 Å². The fourth-order valence-corrected chi connectivity index (χ4v) is 2.88. The van der Waals surface area contributed by atoms with Gasteiger partial charge in [0.1, 0.15) is 36.0 Å². The maximum atomic E-state index is 14.6. The molecule has 4 rings (SSSR count). The van der Waals surface area contributed by atoms with Crippen LogP contribution in [0.1, 0.15) is 22.9 Å². The van der Waals surface area contributed by atoms with Crippen molar-refractivity contribution in [3.8, 4) is 17.4 Å². The van der Waals surface area contributed by atoms with Gasteiger partial charge in [0.25, 0.3) is 0 Å². The van der Waals surface area contributed by atoms with Crippen molar-refractivity contribution in [1.29, 1.82) is 5.26 Å². The van der Waals surface area contributed by atoms with Gasteiger partial charge in [-0.2, -0.15) is 5.26 Å². The van der Waals surface area contributed by atoms with E-state index in [0.717, 1.165) is 5.56 Å². The van der Waals surface area contributed by atoms with Gasteiger partial charge < -0.3 is 8.98 Å². The molecule has 0 N–H and O–H groups in total. The van der Waals surface area contributed by atoms with Gasteiger partial charge in [-0.15, -0.1) is 10.2 Å². The van der Waals surface area contributed by atoms with Crippen LogP contribution in [0.15, 0.2) is 77.7 Å². The average Bonchev–Trinajstić information content (AvgIpc) is 3.37. The molecule has 0 amide bonds. The van der Waals surface area contributed by atoms with Gasteiger partial charge in [-0.1, -0.05) is 36.4 Å². The lowest BCUT2D eigenvalue weighted by atomic mass is 10.0. The first-order valence-electron chi connectivity index (χ1n) is 7.95. The number of nitrogens with zero attached hydrogens (tertiary/aromatic N) is 4. The van der Waals surface area contributed by atoms with E-state index < -0.39 is 11.9 Å². The van der Waals surface area contributed by atoms with Gasteiger partial charge >= 0.3 is 0 Å². The van der Waals surface area contributed by atoms with Crippen LogP contribution in [0, 0.1) is 17.1 Å². The van der Waals surface area contributed by atoms with Crippen molar-refractivity contribution in [1.82, 2.24) is 14.8 Å². The van der Waals surface area contributed by atoms with Crippen molar-refractivity contribution in [3.05, 3.63) is 96.0 Å². The number of furan rings is 1. The Balaban J connectivity index is 1.81. The first-order chi connectivity index (χ1) is 12.8. The quantitative estimate of drug-likeness (QED) is 0.557. The molecule has 0 saturated carbocycles. The van der Waals surface area contributed by atoms with E-state index in [0.29, 0.717) is 17.1 Å². The molecule has 0 spiro atoms. The summed E-state index contributed by atoms with van der Waals surface area (Å²) in [7, 11) is 0. The van der Waals surface area contributed by atoms with Crippen molar-refractivity contribution in [2.75, 3.05) is 0 Å². The van der Waals surface area contributed by atoms with E-state index in [2.05, 4.69) is 10.2 Å². The number of hydrogen-bond acceptors (Lipinski definition) is 4. The molecule has 4 aromatic rings. The van der Waals surface area contributed by atoms with Crippen LogP contribution >= 0.6 is 0 Å². The minimum absolute atomic E-state index is 0.262. The van der Waals surface area contributed by atoms with Gasteiger partial charge in [0.15, 0.2) is 0 Å². The Morgan fingerprint density at radius 1 is 1.00 bits per heavy atom. The Labute approximate surface area is 149 Å². The lowest BCUT2D eigenvalue weighted by Crippen LogP contribution is -2.12. The van der Waals surface area contributed by atoms with Crippen molar-refractivity contribution in [3.63, 3.8) is 0 Å². The molecule has 2 aromatic carbocycles. The summed E-state index contributed by atoms with van der Waals surface area (Å²) in [6.45, 7) is 0. The molecule has 5 nitrogen and oxygen atoms in total. The molecule has 0 aliphatic carbocycles. The van der Waals surface area contributed by atoms with E-state index in [9.17, 15) is 4.39 Å². The van der Waals surface area contributed by atoms with Crippen LogP contribution < -0.4 is 0 Å². The number of hydrogen-bond donors (Lipinski definition) is 0. The van der Waals surface area contributed by atoms with E-state index in [1.54, 1.807) is 16.7 Å². The van der Waals surface area contributed by atoms with Gasteiger partial charge in [0.2, 0.25) is 0 Å². The van der Waals surface area contributed by atoms with E-state index in [-0.39, 0.29) is 5.56 Å². The fraction of sp³-hybridized carbons (Fsp3) is 0.0500. The summed E-state index contributed by atoms with van der Waals surface area (Å²) in [4.78, 5) is 0. The summed E-state index contributed by atoms with van der Waals surface area (Å²) in [6.07, 6.45) is 3.01. The molecule has 0 saturated heterocycles. The Morgan fingerprint density at radius 3 is 2.46 bits per heavy atom. The third-order valence-corrected chi connectivity index (χ3v) is 4.11. The minimum Gasteiger partial charge on any atom is -0.459 e. The second-order valence-corrected chi connectivity index (χ2v) is 5.73. The Morgan fingerprint density at radius 2 is 1.77 bits per heavy atom. The van der Waals surface area contributed by atoms with Crippen LogP contribution in [0.25, 0.3) is 11.3 Å². The summed E-state index contributed by atoms with van der Waals surface area (Å²) in [5.41, 5.74) is 1.57. The summed E-state index contributed by atoms with van der Waals surface area (Å²) in [6, 6.07) is 19.1. The summed E-state index contributed by atoms with van der Waals surface area (Å²) < 4.78 is 22.3. The monoisotopic (exact) mass is 344 g/mol. The van der Waals surface area contributed by atoms with Crippen LogP contribution in [-0.4, -0.2) is 14.8 Å². The second-order valence-electron chi connectivity index (χ2n) is 5.73. The number of rotatable bonds is 4. The zero-order valence-corrected chi connectivity index (χ0v) is 13.6. The first-order valence-corrected chi connectivity index (χ1v) is 7.95. The van der Waals surface area contributed by atoms with Gasteiger partial charge in [-0.05, 0) is 24.3 Å². The van der Waals surface area contributed by atoms with Gasteiger partial charge in [0.05, 0.1) is 11.6 Å². The third-order valence-electron chi connectivity index (χ3n) is 4.11. The van der Waals surface area contributed by atoms with Gasteiger partial charge in [-0.3, -0.25) is 0 Å². The maximum absolute atomic E-state index is 14.6. The second kappa shape index (κ2) is 6.65. The average molecular weight is 344 g/mol. The highest BCUT2D eigenvalue weighted by molar-refractivity contribution is 5.57. The standard InChI is InChI=1S/C20H13FN4O/c21-17-10-14(11-22)6-7-16(17)20(25-12-23-24-13-25)19-9-8-18(26-19)15-4-2-1-3-5-15/h1-10,12-13,20H. The van der Waals surface area contributed by atoms with Crippen LogP contribution in [-0.2, 0) is 0 Å². The highest BCUT2D eigenvalue weighted by atomic mass is 19.1. The number of aromatic nitrogens is 3. The first kappa shape index (κ1) is 15.8. The van der Waals surface area contributed by atoms with E-state index >= 15 is 0 Å². The fourth-order valence-electron chi connectivity index (χ4n) is 2.88. The molecule has 0 radical (unpaired) electrons. The molecule has 126 valence electrons. The molecule has 2 aromatic heterocycles. The zero-order valence-electron chi connectivity index (χ0n) is 13.6. The van der Waals surface area contributed by atoms with E-state index in [4.69, 9.17) is 9.68 Å². The van der Waals surface area contributed by atoms with Crippen LogP contribution in [0.5, 0.6) is 0 Å². The normalized spacial score (nSPS) is 11.8. The van der Waals surface area contributed by atoms with Crippen LogP contribution in [0.4, 0.5) is 4.39 Å². The largest absolute Gasteiger partial charge is 0.459 e. The SMILES string of the molecule is N#Cc1ccc(C(c2ccc(-c3ccccc3)o2)n2cnnc2)c(F)c1. The molecule has 0 fully saturated rings. The van der Waals surface area contributed by atoms with Gasteiger partial charge in [-0.25, -0.2) is 4.39 Å². The van der Waals surface area contributed by atoms with Crippen molar-refractivity contribution < 1.29 is 8.81 Å². The zero-order chi connectivity index (χ0) is 17.9. The summed E-state index contributed by atoms with van der Waals surface area (Å²) in [5, 5.41) is 16.6. The van der Waals surface area contributed by atoms with E-state index in [1.165, 1.54) is 18.7 Å². The highest BCUT2D eigenvalue weighted by Gasteiger charge is 2.24. The molecule has 0 bridgehead atoms. The minimum atomic E-state index is -0.574. The molecule has 0 aliphatic heterocycles. The van der Waals surface area contributed by atoms with Gasteiger partial charge in [0, 0.05) is 11.1 Å². The topological polar surface area (TPSA) is 67.6 Å². The third kappa shape index (κ3) is 2.87. The number of nitriles is 1.